The third-order valence-corrected chi connectivity index (χ3v) is 3.69. The molecule has 0 radical (unpaired) electrons. The van der Waals surface area contributed by atoms with Gasteiger partial charge in [0.05, 0.1) is 11.1 Å². The Morgan fingerprint density at radius 3 is 2.81 bits per heavy atom. The van der Waals surface area contributed by atoms with Crippen LogP contribution in [0.25, 0.3) is 0 Å². The molecule has 0 aliphatic rings. The van der Waals surface area contributed by atoms with Crippen LogP contribution in [0.1, 0.15) is 31.9 Å². The first-order chi connectivity index (χ1) is 7.57. The number of halogens is 2. The molecule has 0 aromatic heterocycles. The molecule has 1 N–H and O–H groups in total. The van der Waals surface area contributed by atoms with Gasteiger partial charge in [-0.2, -0.15) is 0 Å². The zero-order chi connectivity index (χ0) is 12.1. The highest BCUT2D eigenvalue weighted by Gasteiger charge is 2.15. The van der Waals surface area contributed by atoms with Crippen molar-refractivity contribution in [2.24, 2.45) is 0 Å². The van der Waals surface area contributed by atoms with Crippen molar-refractivity contribution < 1.29 is 0 Å². The van der Waals surface area contributed by atoms with Gasteiger partial charge in [-0.25, -0.2) is 0 Å². The van der Waals surface area contributed by atoms with Crippen LogP contribution in [0.15, 0.2) is 34.8 Å². The van der Waals surface area contributed by atoms with Gasteiger partial charge in [-0.3, -0.25) is 0 Å². The van der Waals surface area contributed by atoms with E-state index in [1.165, 1.54) is 0 Å². The summed E-state index contributed by atoms with van der Waals surface area (Å²) in [6, 6.07) is 6.11. The van der Waals surface area contributed by atoms with Crippen molar-refractivity contribution in [3.05, 3.63) is 45.4 Å². The van der Waals surface area contributed by atoms with Crippen molar-refractivity contribution in [3.63, 3.8) is 0 Å². The third kappa shape index (κ3) is 3.34. The molecule has 0 fully saturated rings. The van der Waals surface area contributed by atoms with Gasteiger partial charge in [-0.15, -0.1) is 0 Å². The Kier molecular flexibility index (Phi) is 5.53. The number of benzene rings is 1. The van der Waals surface area contributed by atoms with Crippen LogP contribution in [0, 0.1) is 0 Å². The molecule has 0 saturated carbocycles. The highest BCUT2D eigenvalue weighted by Crippen LogP contribution is 2.32. The lowest BCUT2D eigenvalue weighted by Crippen LogP contribution is -2.23. The van der Waals surface area contributed by atoms with Crippen molar-refractivity contribution in [2.45, 2.75) is 26.3 Å². The molecule has 1 nitrogen and oxygen atoms in total. The Morgan fingerprint density at radius 1 is 1.56 bits per heavy atom. The zero-order valence-corrected chi connectivity index (χ0v) is 12.0. The standard InChI is InChI=1S/C13H17BrClN/c1-4-8-16-13(9(2)3)10-6-5-7-11(14)12(10)15/h5-7,13,16H,2,4,8H2,1,3H3. The highest BCUT2D eigenvalue weighted by molar-refractivity contribution is 9.10. The third-order valence-electron chi connectivity index (χ3n) is 2.38. The summed E-state index contributed by atoms with van der Waals surface area (Å²) >= 11 is 9.73. The van der Waals surface area contributed by atoms with Gasteiger partial charge >= 0.3 is 0 Å². The summed E-state index contributed by atoms with van der Waals surface area (Å²) < 4.78 is 0.927. The minimum absolute atomic E-state index is 0.130. The van der Waals surface area contributed by atoms with Crippen LogP contribution in [0.4, 0.5) is 0 Å². The van der Waals surface area contributed by atoms with E-state index in [2.05, 4.69) is 34.7 Å². The lowest BCUT2D eigenvalue weighted by Gasteiger charge is -2.20. The summed E-state index contributed by atoms with van der Waals surface area (Å²) in [5.74, 6) is 0. The maximum Gasteiger partial charge on any atom is 0.0599 e. The molecule has 0 spiro atoms. The molecular formula is C13H17BrClN. The predicted octanol–water partition coefficient (Wildman–Crippen LogP) is 4.72. The summed E-state index contributed by atoms with van der Waals surface area (Å²) in [5, 5.41) is 4.21. The number of nitrogens with one attached hydrogen (secondary N) is 1. The summed E-state index contributed by atoms with van der Waals surface area (Å²) in [4.78, 5) is 0. The van der Waals surface area contributed by atoms with E-state index in [1.807, 2.05) is 25.1 Å². The second-order valence-corrected chi connectivity index (χ2v) is 5.11. The van der Waals surface area contributed by atoms with Gasteiger partial charge in [0.2, 0.25) is 0 Å². The van der Waals surface area contributed by atoms with Crippen molar-refractivity contribution in [2.75, 3.05) is 6.54 Å². The fraction of sp³-hybridized carbons (Fsp3) is 0.385. The molecule has 0 aliphatic heterocycles. The number of hydrogen-bond donors (Lipinski definition) is 1. The lowest BCUT2D eigenvalue weighted by atomic mass is 10.0. The topological polar surface area (TPSA) is 12.0 Å². The van der Waals surface area contributed by atoms with Crippen LogP contribution in [0.2, 0.25) is 5.02 Å². The van der Waals surface area contributed by atoms with Crippen LogP contribution in [-0.2, 0) is 0 Å². The molecule has 1 aromatic rings. The highest BCUT2D eigenvalue weighted by atomic mass is 79.9. The molecule has 0 saturated heterocycles. The van der Waals surface area contributed by atoms with E-state index in [0.717, 1.165) is 33.6 Å². The SMILES string of the molecule is C=C(C)C(NCCC)c1cccc(Br)c1Cl. The first-order valence-corrected chi connectivity index (χ1v) is 6.57. The average Bonchev–Trinajstić information content (AvgIpc) is 2.24. The van der Waals surface area contributed by atoms with E-state index in [1.54, 1.807) is 0 Å². The molecule has 0 amide bonds. The first-order valence-electron chi connectivity index (χ1n) is 5.40. The molecule has 1 aromatic carbocycles. The molecule has 3 heteroatoms. The summed E-state index contributed by atoms with van der Waals surface area (Å²) in [5.41, 5.74) is 2.16. The van der Waals surface area contributed by atoms with Gasteiger partial charge < -0.3 is 5.32 Å². The number of hydrogen-bond acceptors (Lipinski definition) is 1. The lowest BCUT2D eigenvalue weighted by molar-refractivity contribution is 0.591. The molecule has 16 heavy (non-hydrogen) atoms. The Bertz CT molecular complexity index is 376. The monoisotopic (exact) mass is 301 g/mol. The van der Waals surface area contributed by atoms with Gasteiger partial charge in [-0.05, 0) is 47.4 Å². The second kappa shape index (κ2) is 6.43. The van der Waals surface area contributed by atoms with E-state index in [0.29, 0.717) is 0 Å². The van der Waals surface area contributed by atoms with Crippen molar-refractivity contribution >= 4 is 27.5 Å². The quantitative estimate of drug-likeness (QED) is 0.776. The van der Waals surface area contributed by atoms with Gasteiger partial charge in [-0.1, -0.05) is 42.8 Å². The van der Waals surface area contributed by atoms with Crippen LogP contribution in [0.3, 0.4) is 0 Å². The summed E-state index contributed by atoms with van der Waals surface area (Å²) in [6.45, 7) is 9.14. The Morgan fingerprint density at radius 2 is 2.25 bits per heavy atom. The normalized spacial score (nSPS) is 12.5. The fourth-order valence-corrected chi connectivity index (χ4v) is 2.20. The van der Waals surface area contributed by atoms with Crippen LogP contribution >= 0.6 is 27.5 Å². The van der Waals surface area contributed by atoms with Gasteiger partial charge in [0.1, 0.15) is 0 Å². The van der Waals surface area contributed by atoms with Gasteiger partial charge in [0, 0.05) is 4.47 Å². The molecule has 0 heterocycles. The smallest absolute Gasteiger partial charge is 0.0599 e. The van der Waals surface area contributed by atoms with E-state index in [4.69, 9.17) is 11.6 Å². The average molecular weight is 303 g/mol. The zero-order valence-electron chi connectivity index (χ0n) is 9.69. The van der Waals surface area contributed by atoms with Crippen LogP contribution < -0.4 is 5.32 Å². The molecule has 1 rings (SSSR count). The van der Waals surface area contributed by atoms with E-state index >= 15 is 0 Å². The minimum Gasteiger partial charge on any atom is -0.307 e. The first kappa shape index (κ1) is 13.8. The van der Waals surface area contributed by atoms with Crippen molar-refractivity contribution in [1.82, 2.24) is 5.32 Å². The molecule has 1 atom stereocenters. The van der Waals surface area contributed by atoms with Gasteiger partial charge in [0.25, 0.3) is 0 Å². The summed E-state index contributed by atoms with van der Waals surface area (Å²) in [6.07, 6.45) is 1.09. The molecule has 0 bridgehead atoms. The Balaban J connectivity index is 3.01. The second-order valence-electron chi connectivity index (χ2n) is 3.88. The maximum atomic E-state index is 6.28. The predicted molar refractivity (Wildman–Crippen MR) is 75.0 cm³/mol. The largest absolute Gasteiger partial charge is 0.307 e. The summed E-state index contributed by atoms with van der Waals surface area (Å²) in [7, 11) is 0. The van der Waals surface area contributed by atoms with Gasteiger partial charge in [0.15, 0.2) is 0 Å². The molecular weight excluding hydrogens is 286 g/mol. The fourth-order valence-electron chi connectivity index (χ4n) is 1.58. The molecule has 1 unspecified atom stereocenters. The number of rotatable bonds is 5. The van der Waals surface area contributed by atoms with E-state index < -0.39 is 0 Å². The molecule has 88 valence electrons. The van der Waals surface area contributed by atoms with E-state index in [-0.39, 0.29) is 6.04 Å². The maximum absolute atomic E-state index is 6.28. The van der Waals surface area contributed by atoms with Crippen molar-refractivity contribution in [1.29, 1.82) is 0 Å². The molecule has 0 aliphatic carbocycles. The minimum atomic E-state index is 0.130. The van der Waals surface area contributed by atoms with Crippen LogP contribution in [-0.4, -0.2) is 6.54 Å². The van der Waals surface area contributed by atoms with Crippen molar-refractivity contribution in [3.8, 4) is 0 Å². The Labute approximate surface area is 111 Å². The van der Waals surface area contributed by atoms with E-state index in [9.17, 15) is 0 Å². The Hall–Kier alpha value is -0.310. The van der Waals surface area contributed by atoms with Crippen LogP contribution in [0.5, 0.6) is 0 Å².